The second-order valence-electron chi connectivity index (χ2n) is 11.5. The summed E-state index contributed by atoms with van der Waals surface area (Å²) in [5.41, 5.74) is 8.68. The molecule has 0 bridgehead atoms. The van der Waals surface area contributed by atoms with Crippen molar-refractivity contribution >= 4 is 69.6 Å². The van der Waals surface area contributed by atoms with Crippen molar-refractivity contribution in [2.75, 3.05) is 26.2 Å². The van der Waals surface area contributed by atoms with E-state index >= 15 is 0 Å². The number of alkyl halides is 3. The van der Waals surface area contributed by atoms with Crippen molar-refractivity contribution in [1.82, 2.24) is 25.1 Å². The predicted octanol–water partition coefficient (Wildman–Crippen LogP) is 4.42. The number of esters is 1. The van der Waals surface area contributed by atoms with Crippen molar-refractivity contribution in [3.8, 4) is 0 Å². The molecule has 4 rings (SSSR count). The molecule has 0 spiro atoms. The number of benzene rings is 2. The van der Waals surface area contributed by atoms with Crippen LogP contribution in [0, 0.1) is 5.41 Å². The van der Waals surface area contributed by atoms with Crippen LogP contribution in [0.2, 0.25) is 0 Å². The van der Waals surface area contributed by atoms with Crippen LogP contribution in [0.15, 0.2) is 42.5 Å². The number of hydrogen-bond acceptors (Lipinski definition) is 9. The first-order chi connectivity index (χ1) is 21.6. The summed E-state index contributed by atoms with van der Waals surface area (Å²) in [7, 11) is 1.86. The number of nitrogens with one attached hydrogen (secondary N) is 3. The minimum absolute atomic E-state index is 0.117. The van der Waals surface area contributed by atoms with Crippen LogP contribution in [-0.2, 0) is 31.6 Å². The van der Waals surface area contributed by atoms with Gasteiger partial charge in [-0.3, -0.25) is 25.6 Å². The zero-order chi connectivity index (χ0) is 33.8. The molecule has 1 aliphatic rings. The molecule has 0 aliphatic carbocycles. The van der Waals surface area contributed by atoms with Gasteiger partial charge in [0, 0.05) is 25.7 Å². The number of likely N-dealkylation sites (tertiary alicyclic amines) is 1. The van der Waals surface area contributed by atoms with Crippen LogP contribution in [-0.4, -0.2) is 74.4 Å². The summed E-state index contributed by atoms with van der Waals surface area (Å²) >= 11 is 16.8. The molecule has 1 aromatic heterocycles. The summed E-state index contributed by atoms with van der Waals surface area (Å²) in [5.74, 6) is -0.195. The van der Waals surface area contributed by atoms with E-state index < -0.39 is 34.0 Å². The van der Waals surface area contributed by atoms with Crippen molar-refractivity contribution in [2.24, 2.45) is 12.8 Å². The normalized spacial score (nSPS) is 15.5. The van der Waals surface area contributed by atoms with Gasteiger partial charge in [-0.2, -0.15) is 0 Å². The molecule has 2 atom stereocenters. The Labute approximate surface area is 282 Å². The first-order valence-corrected chi connectivity index (χ1v) is 15.9. The van der Waals surface area contributed by atoms with Gasteiger partial charge in [0.25, 0.3) is 0 Å². The van der Waals surface area contributed by atoms with E-state index in [4.69, 9.17) is 60.4 Å². The molecule has 1 aliphatic heterocycles. The Kier molecular flexibility index (Phi) is 11.2. The Hall–Kier alpha value is -3.42. The molecule has 1 saturated heterocycles. The van der Waals surface area contributed by atoms with Crippen LogP contribution < -0.4 is 16.4 Å². The first-order valence-electron chi connectivity index (χ1n) is 14.7. The van der Waals surface area contributed by atoms with Gasteiger partial charge in [-0.15, -0.1) is 0 Å². The number of aromatic nitrogens is 2. The number of ether oxygens (including phenoxy) is 2. The van der Waals surface area contributed by atoms with Gasteiger partial charge in [0.15, 0.2) is 0 Å². The van der Waals surface area contributed by atoms with E-state index in [0.29, 0.717) is 41.1 Å². The monoisotopic (exact) mass is 693 g/mol. The molecule has 0 radical (unpaired) electrons. The standard InChI is InChI=1S/C31H38Cl3N7O5/c1-18(2)46-24(42)16-37-30(3,28(43)41-13-5-6-14-41)21-11-12-23-22(15-21)38-27(40(23)4)25(35)19-7-9-20(10-8-19)26(36)39-29(44)45-17-31(32,33)34/h7-12,15,18,25,37H,5-6,13-14,16-17,35H2,1-4H3,(H2,36,39,44). The Balaban J connectivity index is 1.55. The second kappa shape index (κ2) is 14.6. The van der Waals surface area contributed by atoms with Crippen molar-refractivity contribution in [3.63, 3.8) is 0 Å². The van der Waals surface area contributed by atoms with E-state index in [1.54, 1.807) is 45.0 Å². The van der Waals surface area contributed by atoms with Gasteiger partial charge in [0.05, 0.1) is 29.7 Å². The zero-order valence-electron chi connectivity index (χ0n) is 26.0. The predicted molar refractivity (Wildman–Crippen MR) is 177 cm³/mol. The van der Waals surface area contributed by atoms with E-state index in [1.165, 1.54) is 0 Å². The Morgan fingerprint density at radius 2 is 1.74 bits per heavy atom. The zero-order valence-corrected chi connectivity index (χ0v) is 28.3. The minimum atomic E-state index is -1.76. The summed E-state index contributed by atoms with van der Waals surface area (Å²) in [4.78, 5) is 44.8. The number of aryl methyl sites for hydroxylation is 1. The summed E-state index contributed by atoms with van der Waals surface area (Å²) in [6.07, 6.45) is 0.661. The number of fused-ring (bicyclic) bond motifs is 1. The fourth-order valence-electron chi connectivity index (χ4n) is 5.26. The van der Waals surface area contributed by atoms with Crippen LogP contribution in [0.4, 0.5) is 4.79 Å². The maximum Gasteiger partial charge on any atom is 0.412 e. The minimum Gasteiger partial charge on any atom is -0.462 e. The molecule has 2 unspecified atom stereocenters. The van der Waals surface area contributed by atoms with Crippen LogP contribution in [0.3, 0.4) is 0 Å². The maximum absolute atomic E-state index is 13.8. The number of carbonyl (C=O) groups excluding carboxylic acids is 3. The molecule has 1 fully saturated rings. The summed E-state index contributed by atoms with van der Waals surface area (Å²) in [6.45, 7) is 6.04. The van der Waals surface area contributed by atoms with Crippen molar-refractivity contribution in [1.29, 1.82) is 5.41 Å². The molecule has 46 heavy (non-hydrogen) atoms. The number of imidazole rings is 1. The van der Waals surface area contributed by atoms with Crippen LogP contribution in [0.5, 0.6) is 0 Å². The number of halogens is 3. The molecule has 2 heterocycles. The van der Waals surface area contributed by atoms with Crippen molar-refractivity contribution in [2.45, 2.75) is 55.1 Å². The third-order valence-corrected chi connectivity index (χ3v) is 8.03. The summed E-state index contributed by atoms with van der Waals surface area (Å²) in [6, 6.07) is 11.7. The fourth-order valence-corrected chi connectivity index (χ4v) is 5.43. The van der Waals surface area contributed by atoms with Gasteiger partial charge >= 0.3 is 12.1 Å². The average Bonchev–Trinajstić information content (AvgIpc) is 3.66. The number of amides is 2. The molecule has 3 aromatic rings. The summed E-state index contributed by atoms with van der Waals surface area (Å²) < 4.78 is 10.2. The van der Waals surface area contributed by atoms with Crippen LogP contribution in [0.1, 0.15) is 62.2 Å². The van der Waals surface area contributed by atoms with E-state index in [1.807, 2.05) is 34.7 Å². The van der Waals surface area contributed by atoms with E-state index in [2.05, 4.69) is 10.6 Å². The quantitative estimate of drug-likeness (QED) is 0.105. The fraction of sp³-hybridized carbons (Fsp3) is 0.452. The molecule has 12 nitrogen and oxygen atoms in total. The highest BCUT2D eigenvalue weighted by atomic mass is 35.6. The molecule has 248 valence electrons. The lowest BCUT2D eigenvalue weighted by atomic mass is 9.89. The van der Waals surface area contributed by atoms with Gasteiger partial charge in [-0.25, -0.2) is 9.78 Å². The second-order valence-corrected chi connectivity index (χ2v) is 14.1. The lowest BCUT2D eigenvalue weighted by molar-refractivity contribution is -0.147. The number of nitrogens with two attached hydrogens (primary N) is 1. The van der Waals surface area contributed by atoms with Gasteiger partial charge in [0.2, 0.25) is 9.70 Å². The highest BCUT2D eigenvalue weighted by molar-refractivity contribution is 6.67. The SMILES string of the molecule is CC(C)OC(=O)CNC(C)(C(=O)N1CCCC1)c1ccc2c(c1)nc(C(N)c1ccc(C(=N)NC(=O)OCC(Cl)(Cl)Cl)cc1)n2C. The highest BCUT2D eigenvalue weighted by Crippen LogP contribution is 2.31. The van der Waals surface area contributed by atoms with Gasteiger partial charge in [0.1, 0.15) is 23.8 Å². The molecular weight excluding hydrogens is 657 g/mol. The van der Waals surface area contributed by atoms with E-state index in [-0.39, 0.29) is 24.4 Å². The highest BCUT2D eigenvalue weighted by Gasteiger charge is 2.40. The van der Waals surface area contributed by atoms with Crippen LogP contribution in [0.25, 0.3) is 11.0 Å². The number of nitrogens with zero attached hydrogens (tertiary/aromatic N) is 3. The smallest absolute Gasteiger partial charge is 0.412 e. The third-order valence-electron chi connectivity index (χ3n) is 7.70. The Morgan fingerprint density at radius 3 is 2.35 bits per heavy atom. The number of rotatable bonds is 10. The average molecular weight is 695 g/mol. The number of hydrogen-bond donors (Lipinski definition) is 4. The molecular formula is C31H38Cl3N7O5. The van der Waals surface area contributed by atoms with Crippen molar-refractivity contribution in [3.05, 3.63) is 65.0 Å². The number of amidine groups is 1. The topological polar surface area (TPSA) is 165 Å². The first kappa shape index (κ1) is 35.4. The number of carbonyl (C=O) groups is 3. The summed E-state index contributed by atoms with van der Waals surface area (Å²) in [5, 5.41) is 13.6. The molecule has 0 saturated carbocycles. The van der Waals surface area contributed by atoms with Gasteiger partial charge < -0.3 is 24.7 Å². The van der Waals surface area contributed by atoms with E-state index in [0.717, 1.165) is 18.4 Å². The molecule has 2 amide bonds. The van der Waals surface area contributed by atoms with Gasteiger partial charge in [-0.1, -0.05) is 65.1 Å². The van der Waals surface area contributed by atoms with Crippen molar-refractivity contribution < 1.29 is 23.9 Å². The maximum atomic E-state index is 13.8. The number of alkyl carbamates (subject to hydrolysis) is 1. The molecule has 15 heteroatoms. The van der Waals surface area contributed by atoms with Crippen LogP contribution >= 0.6 is 34.8 Å². The lowest BCUT2D eigenvalue weighted by Gasteiger charge is -2.34. The molecule has 2 aromatic carbocycles. The Morgan fingerprint density at radius 1 is 1.09 bits per heavy atom. The molecule has 5 N–H and O–H groups in total. The van der Waals surface area contributed by atoms with E-state index in [9.17, 15) is 14.4 Å². The third kappa shape index (κ3) is 8.48. The van der Waals surface area contributed by atoms with Gasteiger partial charge in [-0.05, 0) is 56.9 Å². The largest absolute Gasteiger partial charge is 0.462 e. The lowest BCUT2D eigenvalue weighted by Crippen LogP contribution is -2.54. The Bertz CT molecular complexity index is 1600.